The Labute approximate surface area is 230 Å². The summed E-state index contributed by atoms with van der Waals surface area (Å²) in [6, 6.07) is -4.09. The van der Waals surface area contributed by atoms with Crippen molar-refractivity contribution in [2.45, 2.75) is 90.4 Å². The van der Waals surface area contributed by atoms with Crippen molar-refractivity contribution in [3.05, 3.63) is 0 Å². The molecule has 0 heterocycles. The van der Waals surface area contributed by atoms with Gasteiger partial charge in [-0.15, -0.1) is 0 Å². The molecule has 5 atom stereocenters. The summed E-state index contributed by atoms with van der Waals surface area (Å²) in [5.74, 6) is -3.38. The number of carbonyl (C=O) groups is 4. The topological polar surface area (TPSA) is 279 Å². The molecule has 0 radical (unpaired) electrons. The van der Waals surface area contributed by atoms with Crippen LogP contribution in [0.25, 0.3) is 0 Å². The number of nitrogens with zero attached hydrogens (tertiary/aromatic N) is 2. The Balaban J connectivity index is 5.64. The molecule has 0 bridgehead atoms. The minimum atomic E-state index is -1.23. The molecule has 14 N–H and O–H groups in total. The number of carbonyl (C=O) groups excluding carboxylic acids is 3. The largest absolute Gasteiger partial charge is 0.480 e. The molecule has 0 unspecified atom stereocenters. The van der Waals surface area contributed by atoms with E-state index in [2.05, 4.69) is 25.9 Å². The SMILES string of the molecule is CC[C@H](C)[C@H](NC(=O)[C@H](CCCN=C(N)N)NC(=O)[C@@H](N)CC(C)C)C(=O)N[C@@H](CCCN=C(N)N)C(=O)O. The number of nitrogens with two attached hydrogens (primary N) is 5. The Hall–Kier alpha value is -3.62. The van der Waals surface area contributed by atoms with Gasteiger partial charge >= 0.3 is 5.97 Å². The van der Waals surface area contributed by atoms with Gasteiger partial charge in [0, 0.05) is 13.1 Å². The van der Waals surface area contributed by atoms with Crippen molar-refractivity contribution in [1.29, 1.82) is 0 Å². The molecule has 0 aromatic rings. The Kier molecular flexibility index (Phi) is 16.9. The van der Waals surface area contributed by atoms with Crippen molar-refractivity contribution in [2.24, 2.45) is 50.5 Å². The average molecular weight is 557 g/mol. The van der Waals surface area contributed by atoms with Gasteiger partial charge in [-0.25, -0.2) is 4.79 Å². The third-order valence-corrected chi connectivity index (χ3v) is 5.99. The highest BCUT2D eigenvalue weighted by atomic mass is 16.4. The van der Waals surface area contributed by atoms with Gasteiger partial charge in [0.2, 0.25) is 17.7 Å². The molecule has 0 aliphatic heterocycles. The summed E-state index contributed by atoms with van der Waals surface area (Å²) >= 11 is 0. The van der Waals surface area contributed by atoms with Crippen molar-refractivity contribution >= 4 is 35.6 Å². The predicted molar refractivity (Wildman–Crippen MR) is 150 cm³/mol. The first-order chi connectivity index (χ1) is 18.2. The molecule has 0 saturated carbocycles. The number of aliphatic imine (C=N–C) groups is 2. The van der Waals surface area contributed by atoms with Crippen molar-refractivity contribution in [2.75, 3.05) is 13.1 Å². The molecule has 0 saturated heterocycles. The van der Waals surface area contributed by atoms with E-state index in [0.29, 0.717) is 25.7 Å². The smallest absolute Gasteiger partial charge is 0.326 e. The summed E-state index contributed by atoms with van der Waals surface area (Å²) in [7, 11) is 0. The lowest BCUT2D eigenvalue weighted by Crippen LogP contribution is -2.58. The quantitative estimate of drug-likeness (QED) is 0.0481. The highest BCUT2D eigenvalue weighted by Gasteiger charge is 2.32. The zero-order valence-electron chi connectivity index (χ0n) is 23.5. The number of aliphatic carboxylic acids is 1. The lowest BCUT2D eigenvalue weighted by Gasteiger charge is -2.28. The normalized spacial score (nSPS) is 14.7. The van der Waals surface area contributed by atoms with Crippen LogP contribution in [0.5, 0.6) is 0 Å². The van der Waals surface area contributed by atoms with Gasteiger partial charge in [-0.3, -0.25) is 24.4 Å². The Morgan fingerprint density at radius 2 is 1.26 bits per heavy atom. The van der Waals surface area contributed by atoms with Gasteiger partial charge in [-0.05, 0) is 43.9 Å². The number of carboxylic acids is 1. The van der Waals surface area contributed by atoms with E-state index < -0.39 is 47.9 Å². The summed E-state index contributed by atoms with van der Waals surface area (Å²) in [6.45, 7) is 7.87. The molecule has 39 heavy (non-hydrogen) atoms. The first-order valence-electron chi connectivity index (χ1n) is 13.2. The molecular formula is C24H48N10O5. The van der Waals surface area contributed by atoms with Crippen LogP contribution in [-0.4, -0.2) is 78.0 Å². The number of carboxylic acid groups (broad SMARTS) is 1. The first kappa shape index (κ1) is 35.4. The molecule has 224 valence electrons. The summed E-state index contributed by atoms with van der Waals surface area (Å²) in [6.07, 6.45) is 1.88. The third-order valence-electron chi connectivity index (χ3n) is 5.99. The van der Waals surface area contributed by atoms with Gasteiger partial charge in [0.1, 0.15) is 18.1 Å². The van der Waals surface area contributed by atoms with Gasteiger partial charge in [-0.1, -0.05) is 34.1 Å². The Bertz CT molecular complexity index is 856. The first-order valence-corrected chi connectivity index (χ1v) is 13.2. The predicted octanol–water partition coefficient (Wildman–Crippen LogP) is -1.95. The van der Waals surface area contributed by atoms with E-state index >= 15 is 0 Å². The standard InChI is InChI=1S/C24H48N10O5/c1-5-14(4)18(21(37)33-17(22(38)39)9-7-11-31-24(28)29)34-20(36)16(8-6-10-30-23(26)27)32-19(35)15(25)12-13(2)3/h13-18H,5-12,25H2,1-4H3,(H,32,35)(H,33,37)(H,34,36)(H,38,39)(H4,26,27,30)(H4,28,29,31)/t14-,15-,16-,17-,18-/m0/s1. The van der Waals surface area contributed by atoms with Crippen LogP contribution < -0.4 is 44.6 Å². The fraction of sp³-hybridized carbons (Fsp3) is 0.750. The van der Waals surface area contributed by atoms with Crippen LogP contribution in [-0.2, 0) is 19.2 Å². The molecule has 0 rings (SSSR count). The second-order valence-corrected chi connectivity index (χ2v) is 9.97. The molecule has 0 aliphatic carbocycles. The lowest BCUT2D eigenvalue weighted by atomic mass is 9.96. The van der Waals surface area contributed by atoms with E-state index in [1.165, 1.54) is 0 Å². The highest BCUT2D eigenvalue weighted by Crippen LogP contribution is 2.11. The van der Waals surface area contributed by atoms with Crippen LogP contribution in [0.4, 0.5) is 0 Å². The van der Waals surface area contributed by atoms with Gasteiger partial charge in [0.25, 0.3) is 0 Å². The molecule has 0 aromatic carbocycles. The van der Waals surface area contributed by atoms with E-state index in [-0.39, 0.29) is 49.7 Å². The number of rotatable bonds is 19. The maximum atomic E-state index is 13.3. The van der Waals surface area contributed by atoms with Crippen LogP contribution in [0, 0.1) is 11.8 Å². The minimum absolute atomic E-state index is 0.0796. The van der Waals surface area contributed by atoms with E-state index in [1.807, 2.05) is 20.8 Å². The third kappa shape index (κ3) is 15.4. The molecule has 0 aromatic heterocycles. The molecule has 0 spiro atoms. The Morgan fingerprint density at radius 1 is 0.769 bits per heavy atom. The fourth-order valence-electron chi connectivity index (χ4n) is 3.64. The number of hydrogen-bond acceptors (Lipinski definition) is 7. The molecule has 3 amide bonds. The molecule has 0 aliphatic rings. The van der Waals surface area contributed by atoms with Gasteiger partial charge in [0.15, 0.2) is 11.9 Å². The molecule has 0 fully saturated rings. The summed E-state index contributed by atoms with van der Waals surface area (Å²) in [5, 5.41) is 17.4. The van der Waals surface area contributed by atoms with Crippen LogP contribution in [0.1, 0.15) is 66.2 Å². The fourth-order valence-corrected chi connectivity index (χ4v) is 3.64. The maximum absolute atomic E-state index is 13.3. The van der Waals surface area contributed by atoms with Crippen molar-refractivity contribution in [3.63, 3.8) is 0 Å². The van der Waals surface area contributed by atoms with Crippen LogP contribution in [0.2, 0.25) is 0 Å². The van der Waals surface area contributed by atoms with E-state index in [0.717, 1.165) is 0 Å². The second-order valence-electron chi connectivity index (χ2n) is 9.97. The number of hydrogen-bond donors (Lipinski definition) is 9. The number of nitrogens with one attached hydrogen (secondary N) is 3. The minimum Gasteiger partial charge on any atom is -0.480 e. The zero-order chi connectivity index (χ0) is 30.1. The van der Waals surface area contributed by atoms with E-state index in [1.54, 1.807) is 6.92 Å². The van der Waals surface area contributed by atoms with Gasteiger partial charge in [0.05, 0.1) is 6.04 Å². The summed E-state index contributed by atoms with van der Waals surface area (Å²) < 4.78 is 0. The van der Waals surface area contributed by atoms with Crippen LogP contribution >= 0.6 is 0 Å². The number of guanidine groups is 2. The van der Waals surface area contributed by atoms with E-state index in [4.69, 9.17) is 28.7 Å². The Morgan fingerprint density at radius 3 is 1.69 bits per heavy atom. The highest BCUT2D eigenvalue weighted by molar-refractivity contribution is 5.94. The summed E-state index contributed by atoms with van der Waals surface area (Å²) in [4.78, 5) is 58.5. The van der Waals surface area contributed by atoms with Gasteiger partial charge < -0.3 is 49.7 Å². The monoisotopic (exact) mass is 556 g/mol. The number of amides is 3. The molecular weight excluding hydrogens is 508 g/mol. The second kappa shape index (κ2) is 18.6. The van der Waals surface area contributed by atoms with Gasteiger partial charge in [-0.2, -0.15) is 0 Å². The molecule has 15 heteroatoms. The van der Waals surface area contributed by atoms with E-state index in [9.17, 15) is 24.3 Å². The van der Waals surface area contributed by atoms with Crippen molar-refractivity contribution in [1.82, 2.24) is 16.0 Å². The molecule has 15 nitrogen and oxygen atoms in total. The summed E-state index contributed by atoms with van der Waals surface area (Å²) in [5.41, 5.74) is 27.3. The van der Waals surface area contributed by atoms with Crippen LogP contribution in [0.15, 0.2) is 9.98 Å². The average Bonchev–Trinajstić information content (AvgIpc) is 2.84. The van der Waals surface area contributed by atoms with Crippen molar-refractivity contribution < 1.29 is 24.3 Å². The zero-order valence-corrected chi connectivity index (χ0v) is 23.5. The van der Waals surface area contributed by atoms with Crippen molar-refractivity contribution in [3.8, 4) is 0 Å². The maximum Gasteiger partial charge on any atom is 0.326 e. The van der Waals surface area contributed by atoms with Crippen LogP contribution in [0.3, 0.4) is 0 Å². The lowest BCUT2D eigenvalue weighted by molar-refractivity contribution is -0.143.